The number of anilines is 1. The van der Waals surface area contributed by atoms with Gasteiger partial charge in [0, 0.05) is 16.8 Å². The maximum absolute atomic E-state index is 12.4. The maximum Gasteiger partial charge on any atom is 0.337 e. The molecule has 0 saturated carbocycles. The van der Waals surface area contributed by atoms with E-state index in [2.05, 4.69) is 16.1 Å². The smallest absolute Gasteiger partial charge is 0.337 e. The van der Waals surface area contributed by atoms with Gasteiger partial charge in [0.15, 0.2) is 0 Å². The summed E-state index contributed by atoms with van der Waals surface area (Å²) >= 11 is 0. The number of nitrogens with one attached hydrogen (secondary N) is 1. The fourth-order valence-electron chi connectivity index (χ4n) is 2.16. The molecule has 1 N–H and O–H groups in total. The summed E-state index contributed by atoms with van der Waals surface area (Å²) in [5, 5.41) is 2.73. The molecule has 2 aromatic carbocycles. The van der Waals surface area contributed by atoms with Crippen LogP contribution in [-0.4, -0.2) is 26.1 Å². The van der Waals surface area contributed by atoms with Crippen LogP contribution in [0.1, 0.15) is 31.8 Å². The summed E-state index contributed by atoms with van der Waals surface area (Å²) in [7, 11) is 2.66. The van der Waals surface area contributed by atoms with E-state index in [4.69, 9.17) is 16.0 Å². The van der Waals surface area contributed by atoms with Crippen LogP contribution >= 0.6 is 0 Å². The van der Waals surface area contributed by atoms with Crippen molar-refractivity contribution in [3.63, 3.8) is 0 Å². The molecule has 0 aliphatic carbocycles. The Morgan fingerprint density at radius 2 is 1.92 bits per heavy atom. The first-order valence-corrected chi connectivity index (χ1v) is 7.33. The summed E-state index contributed by atoms with van der Waals surface area (Å²) in [6.45, 7) is 0.108. The topological polar surface area (TPSA) is 73.9 Å². The minimum absolute atomic E-state index is 0.108. The average Bonchev–Trinajstić information content (AvgIpc) is 2.65. The number of benzene rings is 2. The molecule has 2 aromatic rings. The van der Waals surface area contributed by atoms with Crippen molar-refractivity contribution in [2.75, 3.05) is 19.5 Å². The molecule has 0 aliphatic rings. The second-order valence-electron chi connectivity index (χ2n) is 5.02. The fraction of sp³-hybridized carbons (Fsp3) is 0.158. The predicted molar refractivity (Wildman–Crippen MR) is 91.9 cm³/mol. The Morgan fingerprint density at radius 3 is 2.60 bits per heavy atom. The van der Waals surface area contributed by atoms with Gasteiger partial charge < -0.3 is 10.1 Å². The first kappa shape index (κ1) is 18.2. The van der Waals surface area contributed by atoms with Crippen LogP contribution in [0.4, 0.5) is 5.69 Å². The molecule has 0 unspecified atom stereocenters. The van der Waals surface area contributed by atoms with Crippen LogP contribution in [0.15, 0.2) is 42.5 Å². The van der Waals surface area contributed by atoms with Crippen LogP contribution in [0, 0.1) is 12.3 Å². The molecular weight excluding hydrogens is 322 g/mol. The standard InChI is InChI=1S/C19H17NO5/c1-4-13-6-5-7-15(8-13)18(21)20-17-10-14(12-25-24-3)9-16(11-17)19(22)23-2/h1,5-11H,12H2,2-3H3,(H,20,21). The Labute approximate surface area is 145 Å². The summed E-state index contributed by atoms with van der Waals surface area (Å²) in [5.74, 6) is 1.61. The van der Waals surface area contributed by atoms with Gasteiger partial charge >= 0.3 is 5.97 Å². The first-order chi connectivity index (χ1) is 12.1. The highest BCUT2D eigenvalue weighted by molar-refractivity contribution is 6.05. The lowest BCUT2D eigenvalue weighted by Gasteiger charge is -2.10. The maximum atomic E-state index is 12.4. The number of hydrogen-bond acceptors (Lipinski definition) is 5. The van der Waals surface area contributed by atoms with E-state index < -0.39 is 5.97 Å². The van der Waals surface area contributed by atoms with Gasteiger partial charge in [-0.3, -0.25) is 4.79 Å². The molecule has 0 bridgehead atoms. The van der Waals surface area contributed by atoms with E-state index in [-0.39, 0.29) is 18.1 Å². The highest BCUT2D eigenvalue weighted by atomic mass is 17.2. The number of terminal acetylenes is 1. The summed E-state index contributed by atoms with van der Waals surface area (Å²) in [4.78, 5) is 33.7. The Bertz CT molecular complexity index is 823. The normalized spacial score (nSPS) is 9.96. The van der Waals surface area contributed by atoms with Crippen LogP contribution in [0.25, 0.3) is 0 Å². The SMILES string of the molecule is C#Cc1cccc(C(=O)Nc2cc(COOC)cc(C(=O)OC)c2)c1. The lowest BCUT2D eigenvalue weighted by atomic mass is 10.1. The van der Waals surface area contributed by atoms with Crippen molar-refractivity contribution >= 4 is 17.6 Å². The number of carbonyl (C=O) groups is 2. The third kappa shape index (κ3) is 4.91. The number of carbonyl (C=O) groups excluding carboxylic acids is 2. The Balaban J connectivity index is 2.28. The molecule has 0 atom stereocenters. The van der Waals surface area contributed by atoms with Crippen LogP contribution in [0.3, 0.4) is 0 Å². The average molecular weight is 339 g/mol. The Kier molecular flexibility index (Phi) is 6.29. The van der Waals surface area contributed by atoms with Gasteiger partial charge in [-0.2, -0.15) is 0 Å². The second-order valence-corrected chi connectivity index (χ2v) is 5.02. The van der Waals surface area contributed by atoms with Gasteiger partial charge in [0.2, 0.25) is 0 Å². The molecule has 1 amide bonds. The number of ether oxygens (including phenoxy) is 1. The minimum Gasteiger partial charge on any atom is -0.465 e. The molecule has 0 radical (unpaired) electrons. The lowest BCUT2D eigenvalue weighted by Crippen LogP contribution is -2.13. The van der Waals surface area contributed by atoms with Gasteiger partial charge in [-0.15, -0.1) is 6.42 Å². The van der Waals surface area contributed by atoms with E-state index in [1.165, 1.54) is 20.3 Å². The van der Waals surface area contributed by atoms with Gasteiger partial charge in [-0.1, -0.05) is 12.0 Å². The molecule has 6 nitrogen and oxygen atoms in total. The van der Waals surface area contributed by atoms with Crippen molar-refractivity contribution < 1.29 is 24.1 Å². The zero-order valence-corrected chi connectivity index (χ0v) is 13.9. The first-order valence-electron chi connectivity index (χ1n) is 7.33. The van der Waals surface area contributed by atoms with E-state index in [1.54, 1.807) is 36.4 Å². The van der Waals surface area contributed by atoms with Crippen molar-refractivity contribution in [1.82, 2.24) is 0 Å². The number of esters is 1. The van der Waals surface area contributed by atoms with Crippen molar-refractivity contribution in [1.29, 1.82) is 0 Å². The van der Waals surface area contributed by atoms with Gasteiger partial charge in [0.05, 0.1) is 19.8 Å². The Morgan fingerprint density at radius 1 is 1.12 bits per heavy atom. The van der Waals surface area contributed by atoms with Gasteiger partial charge in [0.25, 0.3) is 5.91 Å². The fourth-order valence-corrected chi connectivity index (χ4v) is 2.16. The zero-order valence-electron chi connectivity index (χ0n) is 13.9. The highest BCUT2D eigenvalue weighted by Gasteiger charge is 2.12. The summed E-state index contributed by atoms with van der Waals surface area (Å²) < 4.78 is 4.72. The van der Waals surface area contributed by atoms with Crippen LogP contribution < -0.4 is 5.32 Å². The number of rotatable bonds is 6. The quantitative estimate of drug-likeness (QED) is 0.379. The molecule has 0 spiro atoms. The summed E-state index contributed by atoms with van der Waals surface area (Å²) in [5.41, 5.74) is 2.36. The number of amides is 1. The van der Waals surface area contributed by atoms with Gasteiger partial charge in [0.1, 0.15) is 6.61 Å². The molecule has 0 aromatic heterocycles. The van der Waals surface area contributed by atoms with E-state index in [0.717, 1.165) is 0 Å². The monoisotopic (exact) mass is 339 g/mol. The number of hydrogen-bond donors (Lipinski definition) is 1. The van der Waals surface area contributed by atoms with E-state index in [0.29, 0.717) is 22.4 Å². The third-order valence-electron chi connectivity index (χ3n) is 3.31. The third-order valence-corrected chi connectivity index (χ3v) is 3.31. The van der Waals surface area contributed by atoms with Gasteiger partial charge in [-0.25, -0.2) is 14.6 Å². The number of methoxy groups -OCH3 is 1. The van der Waals surface area contributed by atoms with E-state index in [1.807, 2.05) is 0 Å². The zero-order chi connectivity index (χ0) is 18.2. The van der Waals surface area contributed by atoms with Crippen molar-refractivity contribution in [2.45, 2.75) is 6.61 Å². The second kappa shape index (κ2) is 8.64. The molecule has 2 rings (SSSR count). The molecule has 0 aliphatic heterocycles. The lowest BCUT2D eigenvalue weighted by molar-refractivity contribution is -0.282. The molecule has 128 valence electrons. The molecule has 0 saturated heterocycles. The largest absolute Gasteiger partial charge is 0.465 e. The van der Waals surface area contributed by atoms with Crippen molar-refractivity contribution in [3.8, 4) is 12.3 Å². The molecular formula is C19H17NO5. The summed E-state index contributed by atoms with van der Waals surface area (Å²) in [6, 6.07) is 11.5. The van der Waals surface area contributed by atoms with Crippen LogP contribution in [0.5, 0.6) is 0 Å². The van der Waals surface area contributed by atoms with E-state index in [9.17, 15) is 9.59 Å². The van der Waals surface area contributed by atoms with Crippen molar-refractivity contribution in [2.24, 2.45) is 0 Å². The molecule has 25 heavy (non-hydrogen) atoms. The van der Waals surface area contributed by atoms with Gasteiger partial charge in [-0.05, 0) is 42.0 Å². The Hall–Kier alpha value is -3.14. The predicted octanol–water partition coefficient (Wildman–Crippen LogP) is 2.78. The molecule has 6 heteroatoms. The van der Waals surface area contributed by atoms with Crippen LogP contribution in [0.2, 0.25) is 0 Å². The highest BCUT2D eigenvalue weighted by Crippen LogP contribution is 2.18. The van der Waals surface area contributed by atoms with Crippen molar-refractivity contribution in [3.05, 3.63) is 64.7 Å². The molecule has 0 fully saturated rings. The van der Waals surface area contributed by atoms with E-state index >= 15 is 0 Å². The minimum atomic E-state index is -0.524. The molecule has 0 heterocycles. The summed E-state index contributed by atoms with van der Waals surface area (Å²) in [6.07, 6.45) is 5.35. The van der Waals surface area contributed by atoms with Crippen LogP contribution in [-0.2, 0) is 21.1 Å².